The van der Waals surface area contributed by atoms with Crippen molar-refractivity contribution in [2.45, 2.75) is 52.0 Å². The number of hydrogen-bond acceptors (Lipinski definition) is 3. The predicted molar refractivity (Wildman–Crippen MR) is 71.2 cm³/mol. The van der Waals surface area contributed by atoms with Gasteiger partial charge in [0, 0.05) is 6.04 Å². The maximum absolute atomic E-state index is 12.0. The molecular weight excluding hydrogens is 236 g/mol. The lowest BCUT2D eigenvalue weighted by atomic mass is 9.85. The number of nitrogens with two attached hydrogens (primary N) is 1. The third-order valence-electron chi connectivity index (χ3n) is 3.74. The van der Waals surface area contributed by atoms with Crippen LogP contribution in [-0.2, 0) is 10.0 Å². The molecule has 3 unspecified atom stereocenters. The van der Waals surface area contributed by atoms with Gasteiger partial charge in [-0.25, -0.2) is 13.1 Å². The summed E-state index contributed by atoms with van der Waals surface area (Å²) in [4.78, 5) is 0. The largest absolute Gasteiger partial charge is 0.330 e. The van der Waals surface area contributed by atoms with Crippen LogP contribution in [0.4, 0.5) is 0 Å². The molecule has 1 aliphatic carbocycles. The summed E-state index contributed by atoms with van der Waals surface area (Å²) in [5.41, 5.74) is 5.71. The van der Waals surface area contributed by atoms with Crippen molar-refractivity contribution in [3.8, 4) is 0 Å². The van der Waals surface area contributed by atoms with Crippen molar-refractivity contribution < 1.29 is 8.42 Å². The van der Waals surface area contributed by atoms with E-state index in [9.17, 15) is 8.42 Å². The van der Waals surface area contributed by atoms with Gasteiger partial charge < -0.3 is 5.73 Å². The summed E-state index contributed by atoms with van der Waals surface area (Å²) in [6.07, 6.45) is 5.15. The van der Waals surface area contributed by atoms with Gasteiger partial charge in [0.15, 0.2) is 0 Å². The van der Waals surface area contributed by atoms with Gasteiger partial charge in [0.25, 0.3) is 0 Å². The molecule has 0 heterocycles. The van der Waals surface area contributed by atoms with Crippen LogP contribution in [0.1, 0.15) is 46.0 Å². The van der Waals surface area contributed by atoms with Crippen LogP contribution in [0.15, 0.2) is 0 Å². The molecule has 0 radical (unpaired) electrons. The van der Waals surface area contributed by atoms with E-state index in [1.54, 1.807) is 0 Å². The van der Waals surface area contributed by atoms with Crippen molar-refractivity contribution in [3.63, 3.8) is 0 Å². The molecule has 102 valence electrons. The Hall–Kier alpha value is -0.130. The van der Waals surface area contributed by atoms with E-state index in [-0.39, 0.29) is 17.7 Å². The minimum absolute atomic E-state index is 0.0582. The highest BCUT2D eigenvalue weighted by atomic mass is 32.2. The van der Waals surface area contributed by atoms with E-state index >= 15 is 0 Å². The van der Waals surface area contributed by atoms with Crippen molar-refractivity contribution in [1.29, 1.82) is 0 Å². The molecule has 17 heavy (non-hydrogen) atoms. The summed E-state index contributed by atoms with van der Waals surface area (Å²) in [5.74, 6) is 0.764. The van der Waals surface area contributed by atoms with Crippen LogP contribution in [0.5, 0.6) is 0 Å². The van der Waals surface area contributed by atoms with E-state index in [1.165, 1.54) is 6.42 Å². The van der Waals surface area contributed by atoms with Crippen LogP contribution < -0.4 is 10.5 Å². The van der Waals surface area contributed by atoms with Gasteiger partial charge in [-0.15, -0.1) is 0 Å². The highest BCUT2D eigenvalue weighted by molar-refractivity contribution is 7.89. The molecule has 5 heteroatoms. The van der Waals surface area contributed by atoms with Gasteiger partial charge in [-0.3, -0.25) is 0 Å². The normalized spacial score (nSPS) is 27.9. The zero-order valence-corrected chi connectivity index (χ0v) is 11.8. The van der Waals surface area contributed by atoms with Crippen molar-refractivity contribution in [3.05, 3.63) is 0 Å². The number of sulfonamides is 1. The SMILES string of the molecule is CCC(C)CS(=O)(=O)NC1CCCCC1CN. The maximum Gasteiger partial charge on any atom is 0.212 e. The molecule has 4 nitrogen and oxygen atoms in total. The topological polar surface area (TPSA) is 72.2 Å². The second-order valence-corrected chi connectivity index (χ2v) is 7.10. The lowest BCUT2D eigenvalue weighted by Gasteiger charge is -2.31. The lowest BCUT2D eigenvalue weighted by molar-refractivity contribution is 0.295. The Balaban J connectivity index is 2.56. The number of rotatable bonds is 6. The molecule has 0 aromatic rings. The van der Waals surface area contributed by atoms with Gasteiger partial charge in [-0.2, -0.15) is 0 Å². The van der Waals surface area contributed by atoms with E-state index in [2.05, 4.69) is 4.72 Å². The van der Waals surface area contributed by atoms with Gasteiger partial charge >= 0.3 is 0 Å². The average Bonchev–Trinajstić information content (AvgIpc) is 2.28. The number of hydrogen-bond donors (Lipinski definition) is 2. The number of nitrogens with one attached hydrogen (secondary N) is 1. The van der Waals surface area contributed by atoms with Crippen molar-refractivity contribution in [2.75, 3.05) is 12.3 Å². The highest BCUT2D eigenvalue weighted by Gasteiger charge is 2.28. The molecule has 0 amide bonds. The molecule has 1 rings (SSSR count). The molecule has 0 aromatic heterocycles. The molecule has 1 aliphatic rings. The molecule has 3 atom stereocenters. The molecule has 1 saturated carbocycles. The summed E-state index contributed by atoms with van der Waals surface area (Å²) >= 11 is 0. The zero-order valence-electron chi connectivity index (χ0n) is 11.0. The Bertz CT molecular complexity index is 316. The quantitative estimate of drug-likeness (QED) is 0.761. The molecule has 0 bridgehead atoms. The smallest absolute Gasteiger partial charge is 0.212 e. The monoisotopic (exact) mass is 262 g/mol. The third kappa shape index (κ3) is 4.94. The van der Waals surface area contributed by atoms with E-state index < -0.39 is 10.0 Å². The van der Waals surface area contributed by atoms with Crippen molar-refractivity contribution in [2.24, 2.45) is 17.6 Å². The van der Waals surface area contributed by atoms with Gasteiger partial charge in [-0.1, -0.05) is 33.1 Å². The molecule has 1 fully saturated rings. The fourth-order valence-electron chi connectivity index (χ4n) is 2.42. The Labute approximate surface area is 105 Å². The fourth-order valence-corrected chi connectivity index (χ4v) is 4.27. The minimum atomic E-state index is -3.14. The van der Waals surface area contributed by atoms with Crippen LogP contribution >= 0.6 is 0 Å². The summed E-state index contributed by atoms with van der Waals surface area (Å²) in [7, 11) is -3.14. The summed E-state index contributed by atoms with van der Waals surface area (Å²) in [6, 6.07) is 0.0582. The van der Waals surface area contributed by atoms with E-state index in [1.807, 2.05) is 13.8 Å². The second-order valence-electron chi connectivity index (χ2n) is 5.30. The maximum atomic E-state index is 12.0. The van der Waals surface area contributed by atoms with Gasteiger partial charge in [0.2, 0.25) is 10.0 Å². The Morgan fingerprint density at radius 2 is 2.00 bits per heavy atom. The van der Waals surface area contributed by atoms with E-state index in [0.717, 1.165) is 25.7 Å². The standard InChI is InChI=1S/C12H26N2O2S/c1-3-10(2)9-17(15,16)14-12-7-5-4-6-11(12)8-13/h10-12,14H,3-9,13H2,1-2H3. The first-order valence-corrected chi connectivity index (χ1v) is 8.33. The van der Waals surface area contributed by atoms with Crippen LogP contribution in [0.2, 0.25) is 0 Å². The molecule has 0 aromatic carbocycles. The second kappa shape index (κ2) is 6.71. The van der Waals surface area contributed by atoms with E-state index in [0.29, 0.717) is 12.5 Å². The Kier molecular flexibility index (Phi) is 5.89. The first-order chi connectivity index (χ1) is 7.98. The Morgan fingerprint density at radius 1 is 1.35 bits per heavy atom. The summed E-state index contributed by atoms with van der Waals surface area (Å²) in [6.45, 7) is 4.57. The van der Waals surface area contributed by atoms with Gasteiger partial charge in [0.05, 0.1) is 5.75 Å². The summed E-state index contributed by atoms with van der Waals surface area (Å²) < 4.78 is 26.8. The molecule has 0 aliphatic heterocycles. The highest BCUT2D eigenvalue weighted by Crippen LogP contribution is 2.24. The first-order valence-electron chi connectivity index (χ1n) is 6.68. The zero-order chi connectivity index (χ0) is 12.9. The van der Waals surface area contributed by atoms with Crippen LogP contribution in [-0.4, -0.2) is 26.8 Å². The predicted octanol–water partition coefficient (Wildman–Crippen LogP) is 1.47. The van der Waals surface area contributed by atoms with Gasteiger partial charge in [0.1, 0.15) is 0 Å². The minimum Gasteiger partial charge on any atom is -0.330 e. The van der Waals surface area contributed by atoms with Crippen molar-refractivity contribution in [1.82, 2.24) is 4.72 Å². The average molecular weight is 262 g/mol. The molecule has 3 N–H and O–H groups in total. The first kappa shape index (κ1) is 14.9. The lowest BCUT2D eigenvalue weighted by Crippen LogP contribution is -2.45. The van der Waals surface area contributed by atoms with Crippen LogP contribution in [0.25, 0.3) is 0 Å². The molecule has 0 saturated heterocycles. The molecule has 0 spiro atoms. The van der Waals surface area contributed by atoms with Crippen LogP contribution in [0.3, 0.4) is 0 Å². The third-order valence-corrected chi connectivity index (χ3v) is 5.41. The van der Waals surface area contributed by atoms with E-state index in [4.69, 9.17) is 5.73 Å². The van der Waals surface area contributed by atoms with Crippen molar-refractivity contribution >= 4 is 10.0 Å². The Morgan fingerprint density at radius 3 is 2.59 bits per heavy atom. The fraction of sp³-hybridized carbons (Fsp3) is 1.00. The van der Waals surface area contributed by atoms with Crippen LogP contribution in [0, 0.1) is 11.8 Å². The summed E-state index contributed by atoms with van der Waals surface area (Å²) in [5, 5.41) is 0. The molecular formula is C12H26N2O2S. The van der Waals surface area contributed by atoms with Gasteiger partial charge in [-0.05, 0) is 31.2 Å².